The third-order valence-corrected chi connectivity index (χ3v) is 12.9. The maximum absolute atomic E-state index is 13.1. The third kappa shape index (κ3) is 7.20. The number of hydrogen-bond donors (Lipinski definition) is 6. The summed E-state index contributed by atoms with van der Waals surface area (Å²) in [5.41, 5.74) is -3.52. The molecule has 1 aliphatic heterocycles. The van der Waals surface area contributed by atoms with Crippen LogP contribution >= 0.6 is 0 Å². The predicted octanol–water partition coefficient (Wildman–Crippen LogP) is 1.12. The molecule has 5 fully saturated rings. The molecule has 2 unspecified atom stereocenters. The Balaban J connectivity index is 1.59. The smallest absolute Gasteiger partial charge is 0.397 e. The Morgan fingerprint density at radius 3 is 2.08 bits per heavy atom. The molecule has 0 amide bonds. The van der Waals surface area contributed by atoms with E-state index in [4.69, 9.17) is 18.4 Å². The van der Waals surface area contributed by atoms with E-state index in [1.54, 1.807) is 20.8 Å². The second kappa shape index (κ2) is 13.9. The first-order valence-corrected chi connectivity index (χ1v) is 19.5. The topological polar surface area (TPSA) is 287 Å². The van der Waals surface area contributed by atoms with Crippen LogP contribution in [0.5, 0.6) is 0 Å². The largest absolute Gasteiger partial charge is 0.480 e. The first kappa shape index (κ1) is 39.9. The summed E-state index contributed by atoms with van der Waals surface area (Å²) >= 11 is 0. The maximum atomic E-state index is 13.1. The van der Waals surface area contributed by atoms with Gasteiger partial charge in [-0.2, -0.15) is 16.8 Å². The van der Waals surface area contributed by atoms with Gasteiger partial charge in [0.05, 0.1) is 18.8 Å². The van der Waals surface area contributed by atoms with Crippen LogP contribution in [0.15, 0.2) is 12.2 Å². The molecule has 290 valence electrons. The van der Waals surface area contributed by atoms with Crippen molar-refractivity contribution in [2.45, 2.75) is 115 Å². The maximum Gasteiger partial charge on any atom is 0.397 e. The van der Waals surface area contributed by atoms with E-state index in [0.29, 0.717) is 31.3 Å². The summed E-state index contributed by atoms with van der Waals surface area (Å²) in [4.78, 5) is 39.3. The Kier molecular flexibility index (Phi) is 10.8. The molecule has 1 heterocycles. The molecule has 5 rings (SSSR count). The van der Waals surface area contributed by atoms with Gasteiger partial charge in [-0.15, -0.1) is 0 Å². The van der Waals surface area contributed by atoms with E-state index >= 15 is 0 Å². The normalized spacial score (nSPS) is 40.7. The number of rotatable bonds is 12. The molecule has 0 radical (unpaired) electrons. The fourth-order valence-corrected chi connectivity index (χ4v) is 11.3. The number of carbonyl (C=O) groups is 3. The van der Waals surface area contributed by atoms with Gasteiger partial charge >= 0.3 is 38.7 Å². The number of aliphatic hydroxyl groups is 2. The second-order valence-electron chi connectivity index (χ2n) is 15.3. The number of esters is 1. The van der Waals surface area contributed by atoms with Gasteiger partial charge in [-0.05, 0) is 73.2 Å². The predicted molar refractivity (Wildman–Crippen MR) is 169 cm³/mol. The van der Waals surface area contributed by atoms with Crippen LogP contribution in [-0.2, 0) is 57.8 Å². The lowest BCUT2D eigenvalue weighted by atomic mass is 9.40. The van der Waals surface area contributed by atoms with Crippen LogP contribution in [0.25, 0.3) is 0 Å². The van der Waals surface area contributed by atoms with Gasteiger partial charge in [-0.1, -0.05) is 27.4 Å². The second-order valence-corrected chi connectivity index (χ2v) is 17.4. The van der Waals surface area contributed by atoms with E-state index in [0.717, 1.165) is 0 Å². The fraction of sp³-hybridized carbons (Fsp3) is 0.839. The zero-order valence-electron chi connectivity index (χ0n) is 28.3. The summed E-state index contributed by atoms with van der Waals surface area (Å²) in [6.07, 6.45) is -11.5. The van der Waals surface area contributed by atoms with Crippen molar-refractivity contribution in [3.05, 3.63) is 12.2 Å². The van der Waals surface area contributed by atoms with Crippen molar-refractivity contribution in [1.82, 2.24) is 0 Å². The highest BCUT2D eigenvalue weighted by atomic mass is 32.3. The molecular formula is C31H46O18S2. The van der Waals surface area contributed by atoms with Gasteiger partial charge in [-0.3, -0.25) is 23.5 Å². The van der Waals surface area contributed by atoms with Crippen LogP contribution < -0.4 is 0 Å². The minimum atomic E-state index is -5.51. The lowest BCUT2D eigenvalue weighted by Crippen LogP contribution is -2.67. The van der Waals surface area contributed by atoms with E-state index in [-0.39, 0.29) is 37.0 Å². The summed E-state index contributed by atoms with van der Waals surface area (Å²) < 4.78 is 93.4. The lowest BCUT2D eigenvalue weighted by molar-refractivity contribution is -0.318. The number of ether oxygens (including phenoxy) is 3. The average Bonchev–Trinajstić information content (AvgIpc) is 3.16. The van der Waals surface area contributed by atoms with E-state index in [1.165, 1.54) is 0 Å². The minimum absolute atomic E-state index is 0.00133. The molecule has 4 aliphatic carbocycles. The summed E-state index contributed by atoms with van der Waals surface area (Å²) in [6.45, 7) is 8.03. The quantitative estimate of drug-likeness (QED) is 0.0533. The Morgan fingerprint density at radius 2 is 1.53 bits per heavy atom. The first-order valence-electron chi connectivity index (χ1n) is 16.7. The zero-order chi connectivity index (χ0) is 38.1. The number of carboxylic acid groups (broad SMARTS) is 2. The number of carbonyl (C=O) groups excluding carboxylic acids is 1. The molecule has 1 saturated heterocycles. The Morgan fingerprint density at radius 1 is 0.922 bits per heavy atom. The van der Waals surface area contributed by atoms with Gasteiger partial charge in [0.25, 0.3) is 0 Å². The van der Waals surface area contributed by atoms with Crippen molar-refractivity contribution >= 4 is 38.7 Å². The van der Waals surface area contributed by atoms with Crippen LogP contribution in [0.3, 0.4) is 0 Å². The highest BCUT2D eigenvalue weighted by Gasteiger charge is 2.72. The summed E-state index contributed by atoms with van der Waals surface area (Å²) in [6, 6.07) is 0. The zero-order valence-corrected chi connectivity index (χ0v) is 30.0. The van der Waals surface area contributed by atoms with Crippen molar-refractivity contribution in [3.8, 4) is 0 Å². The molecule has 4 saturated carbocycles. The van der Waals surface area contributed by atoms with E-state index in [2.05, 4.69) is 10.8 Å². The van der Waals surface area contributed by atoms with Gasteiger partial charge in [0, 0.05) is 18.3 Å². The molecule has 5 aliphatic rings. The van der Waals surface area contributed by atoms with Crippen LogP contribution in [0.4, 0.5) is 0 Å². The molecule has 20 heteroatoms. The van der Waals surface area contributed by atoms with Gasteiger partial charge in [0.1, 0.15) is 12.2 Å². The van der Waals surface area contributed by atoms with Gasteiger partial charge in [0.15, 0.2) is 23.9 Å². The Bertz CT molecular complexity index is 1610. The Labute approximate surface area is 295 Å². The number of hydrogen-bond acceptors (Lipinski definition) is 14. The minimum Gasteiger partial charge on any atom is -0.480 e. The van der Waals surface area contributed by atoms with E-state index < -0.39 is 117 Å². The molecule has 2 bridgehead atoms. The van der Waals surface area contributed by atoms with E-state index in [1.807, 2.05) is 0 Å². The molecule has 18 nitrogen and oxygen atoms in total. The third-order valence-electron chi connectivity index (χ3n) is 12.0. The molecule has 0 aromatic heterocycles. The standard InChI is InChI=1S/C31H46O18S2/c1-14(2)9-21(33)47-24-23(49-51(42,43)44)22(48-50(39,40)41)18(13-32)46-26(24)45-17-11-29(4)19-6-5-16-10-30(19,25(34)15(16)3)8-7-20(29)31(12-17,27(35)36)28(37)38/h14,16-20,22-26,32,34H,3,5-13H2,1-2,4H3,(H,35,36)(H,37,38)(H,39,40,41)(H,42,43,44)/t16?,17-,18+,19-,20?,22+,23-,24+,25-,26+,29-,30+/m0/s1. The van der Waals surface area contributed by atoms with Gasteiger partial charge in [-0.25, -0.2) is 8.37 Å². The number of carboxylic acids is 2. The lowest BCUT2D eigenvalue weighted by Gasteiger charge is -2.64. The summed E-state index contributed by atoms with van der Waals surface area (Å²) in [5, 5.41) is 42.9. The number of fused-ring (bicyclic) bond motifs is 3. The molecule has 51 heavy (non-hydrogen) atoms. The van der Waals surface area contributed by atoms with Crippen molar-refractivity contribution in [2.75, 3.05) is 6.61 Å². The van der Waals surface area contributed by atoms with Gasteiger partial charge < -0.3 is 34.6 Å². The first-order chi connectivity index (χ1) is 23.5. The van der Waals surface area contributed by atoms with Crippen molar-refractivity contribution in [2.24, 2.45) is 39.9 Å². The molecular weight excluding hydrogens is 724 g/mol. The summed E-state index contributed by atoms with van der Waals surface area (Å²) in [5.74, 6) is -5.84. The molecule has 0 aromatic rings. The highest BCUT2D eigenvalue weighted by molar-refractivity contribution is 7.81. The van der Waals surface area contributed by atoms with E-state index in [9.17, 15) is 60.8 Å². The van der Waals surface area contributed by atoms with Gasteiger partial charge in [0.2, 0.25) is 0 Å². The summed E-state index contributed by atoms with van der Waals surface area (Å²) in [7, 11) is -11.0. The number of aliphatic carboxylic acids is 2. The fourth-order valence-electron chi connectivity index (χ4n) is 10.3. The Hall–Kier alpha value is -2.27. The monoisotopic (exact) mass is 770 g/mol. The van der Waals surface area contributed by atoms with Crippen LogP contribution in [0, 0.1) is 39.9 Å². The highest BCUT2D eigenvalue weighted by Crippen LogP contribution is 2.72. The van der Waals surface area contributed by atoms with Crippen LogP contribution in [0.2, 0.25) is 0 Å². The molecule has 6 N–H and O–H groups in total. The van der Waals surface area contributed by atoms with Crippen molar-refractivity contribution in [1.29, 1.82) is 0 Å². The SMILES string of the molecule is C=C1C2CC[C@@H]3[C@@](CCC4C(C(=O)O)(C(=O)O)C[C@@H](O[C@@H]5O[C@H](CO)[C@@H](OS(=O)(=O)O)[C@H](OS(=O)(=O)O)[C@H]5OC(=O)CC(C)C)C[C@]43C)(C2)[C@H]1O. The molecule has 0 aromatic carbocycles. The van der Waals surface area contributed by atoms with Crippen molar-refractivity contribution in [3.63, 3.8) is 0 Å². The number of aliphatic hydroxyl groups excluding tert-OH is 2. The average molecular weight is 771 g/mol. The molecule has 1 spiro atoms. The van der Waals surface area contributed by atoms with Crippen LogP contribution in [-0.4, -0.2) is 114 Å². The van der Waals surface area contributed by atoms with Crippen LogP contribution in [0.1, 0.15) is 72.1 Å². The van der Waals surface area contributed by atoms with Crippen molar-refractivity contribution < 1.29 is 83.3 Å². The molecule has 12 atom stereocenters.